The van der Waals surface area contributed by atoms with E-state index >= 15 is 0 Å². The second kappa shape index (κ2) is 5.21. The van der Waals surface area contributed by atoms with E-state index in [-0.39, 0.29) is 11.8 Å². The van der Waals surface area contributed by atoms with E-state index in [2.05, 4.69) is 21.2 Å². The monoisotopic (exact) mass is 285 g/mol. The van der Waals surface area contributed by atoms with Crippen molar-refractivity contribution in [3.63, 3.8) is 0 Å². The smallest absolute Gasteiger partial charge is 0.240 e. The Hall–Kier alpha value is -1.23. The van der Waals surface area contributed by atoms with Gasteiger partial charge < -0.3 is 16.8 Å². The van der Waals surface area contributed by atoms with E-state index < -0.39 is 6.04 Å². The van der Waals surface area contributed by atoms with Crippen LogP contribution in [0.2, 0.25) is 0 Å². The number of rotatable bonds is 4. The average molecular weight is 286 g/mol. The fourth-order valence-corrected chi connectivity index (χ4v) is 1.75. The molecule has 1 unspecified atom stereocenters. The van der Waals surface area contributed by atoms with Crippen molar-refractivity contribution in [1.82, 2.24) is 0 Å². The van der Waals surface area contributed by atoms with Gasteiger partial charge in [0.15, 0.2) is 0 Å². The van der Waals surface area contributed by atoms with Crippen LogP contribution in [-0.2, 0) is 4.79 Å². The molecule has 0 aliphatic heterocycles. The fourth-order valence-electron chi connectivity index (χ4n) is 1.39. The van der Waals surface area contributed by atoms with E-state index in [0.717, 1.165) is 4.47 Å². The topological polar surface area (TPSA) is 81.1 Å². The molecule has 1 aromatic carbocycles. The summed E-state index contributed by atoms with van der Waals surface area (Å²) in [6.07, 6.45) is 0. The number of amides is 1. The molecule has 16 heavy (non-hydrogen) atoms. The van der Waals surface area contributed by atoms with Gasteiger partial charge in [0.05, 0.1) is 11.4 Å². The molecule has 0 bridgehead atoms. The van der Waals surface area contributed by atoms with Crippen LogP contribution in [-0.4, -0.2) is 11.9 Å². The molecule has 1 amide bonds. The maximum absolute atomic E-state index is 11.2. The highest BCUT2D eigenvalue weighted by molar-refractivity contribution is 9.10. The van der Waals surface area contributed by atoms with E-state index in [0.29, 0.717) is 11.4 Å². The number of hydrogen-bond acceptors (Lipinski definition) is 3. The number of hydrogen-bond donors (Lipinski definition) is 3. The predicted octanol–water partition coefficient (Wildman–Crippen LogP) is 1.95. The lowest BCUT2D eigenvalue weighted by molar-refractivity contribution is -0.119. The number of anilines is 2. The number of primary amides is 1. The third kappa shape index (κ3) is 3.13. The quantitative estimate of drug-likeness (QED) is 0.740. The zero-order valence-corrected chi connectivity index (χ0v) is 10.9. The lowest BCUT2D eigenvalue weighted by Crippen LogP contribution is -2.39. The summed E-state index contributed by atoms with van der Waals surface area (Å²) in [5.41, 5.74) is 12.4. The van der Waals surface area contributed by atoms with Gasteiger partial charge >= 0.3 is 0 Å². The molecule has 0 saturated heterocycles. The first kappa shape index (κ1) is 12.8. The van der Waals surface area contributed by atoms with Gasteiger partial charge in [0.1, 0.15) is 6.04 Å². The molecule has 0 spiro atoms. The van der Waals surface area contributed by atoms with Crippen LogP contribution in [0.1, 0.15) is 13.8 Å². The van der Waals surface area contributed by atoms with Crippen molar-refractivity contribution in [2.75, 3.05) is 11.1 Å². The normalized spacial score (nSPS) is 12.5. The molecular formula is C11H16BrN3O. The number of benzene rings is 1. The van der Waals surface area contributed by atoms with Crippen LogP contribution in [0.5, 0.6) is 0 Å². The van der Waals surface area contributed by atoms with Gasteiger partial charge in [-0.05, 0) is 24.1 Å². The number of nitrogens with two attached hydrogens (primary N) is 2. The van der Waals surface area contributed by atoms with Crippen molar-refractivity contribution in [2.24, 2.45) is 11.7 Å². The number of halogens is 1. The van der Waals surface area contributed by atoms with Crippen molar-refractivity contribution < 1.29 is 4.79 Å². The van der Waals surface area contributed by atoms with E-state index in [4.69, 9.17) is 11.5 Å². The molecule has 1 rings (SSSR count). The maximum atomic E-state index is 11.2. The van der Waals surface area contributed by atoms with Crippen LogP contribution in [0, 0.1) is 5.92 Å². The lowest BCUT2D eigenvalue weighted by Gasteiger charge is -2.21. The Bertz CT molecular complexity index is 393. The Morgan fingerprint density at radius 2 is 2.06 bits per heavy atom. The molecule has 4 nitrogen and oxygen atoms in total. The highest BCUT2D eigenvalue weighted by atomic mass is 79.9. The van der Waals surface area contributed by atoms with Crippen LogP contribution in [0.15, 0.2) is 22.7 Å². The average Bonchev–Trinajstić information content (AvgIpc) is 2.18. The molecule has 1 aromatic rings. The largest absolute Gasteiger partial charge is 0.397 e. The highest BCUT2D eigenvalue weighted by Gasteiger charge is 2.19. The van der Waals surface area contributed by atoms with Gasteiger partial charge in [-0.2, -0.15) is 0 Å². The molecule has 5 N–H and O–H groups in total. The standard InChI is InChI=1S/C11H16BrN3O/c1-6(2)10(11(14)16)15-9-5-7(12)3-4-8(9)13/h3-6,10,15H,13H2,1-2H3,(H2,14,16). The van der Waals surface area contributed by atoms with Crippen molar-refractivity contribution >= 4 is 33.2 Å². The van der Waals surface area contributed by atoms with Crippen LogP contribution in [0.4, 0.5) is 11.4 Å². The van der Waals surface area contributed by atoms with Gasteiger partial charge in [0, 0.05) is 4.47 Å². The van der Waals surface area contributed by atoms with Crippen molar-refractivity contribution in [1.29, 1.82) is 0 Å². The number of nitrogen functional groups attached to an aromatic ring is 1. The Morgan fingerprint density at radius 1 is 1.44 bits per heavy atom. The van der Waals surface area contributed by atoms with Gasteiger partial charge in [-0.1, -0.05) is 29.8 Å². The van der Waals surface area contributed by atoms with E-state index in [1.807, 2.05) is 26.0 Å². The SMILES string of the molecule is CC(C)C(Nc1cc(Br)ccc1N)C(N)=O. The molecule has 0 saturated carbocycles. The van der Waals surface area contributed by atoms with Crippen LogP contribution < -0.4 is 16.8 Å². The molecule has 88 valence electrons. The van der Waals surface area contributed by atoms with Crippen LogP contribution in [0.25, 0.3) is 0 Å². The molecule has 0 aliphatic carbocycles. The summed E-state index contributed by atoms with van der Waals surface area (Å²) in [6.45, 7) is 3.85. The van der Waals surface area contributed by atoms with Crippen LogP contribution >= 0.6 is 15.9 Å². The van der Waals surface area contributed by atoms with Gasteiger partial charge in [0.2, 0.25) is 5.91 Å². The minimum Gasteiger partial charge on any atom is -0.397 e. The Labute approximate surface area is 104 Å². The molecule has 0 aromatic heterocycles. The molecule has 0 heterocycles. The number of carbonyl (C=O) groups is 1. The Balaban J connectivity index is 2.93. The minimum absolute atomic E-state index is 0.107. The summed E-state index contributed by atoms with van der Waals surface area (Å²) in [5.74, 6) is -0.273. The molecule has 0 aliphatic rings. The van der Waals surface area contributed by atoms with Crippen molar-refractivity contribution in [3.8, 4) is 0 Å². The number of nitrogens with one attached hydrogen (secondary N) is 1. The van der Waals surface area contributed by atoms with E-state index in [9.17, 15) is 4.79 Å². The summed E-state index contributed by atoms with van der Waals surface area (Å²) in [5, 5.41) is 3.06. The Morgan fingerprint density at radius 3 is 2.56 bits per heavy atom. The number of carbonyl (C=O) groups excluding carboxylic acids is 1. The van der Waals surface area contributed by atoms with Crippen molar-refractivity contribution in [3.05, 3.63) is 22.7 Å². The first-order chi connectivity index (χ1) is 7.41. The first-order valence-electron chi connectivity index (χ1n) is 5.02. The van der Waals surface area contributed by atoms with Gasteiger partial charge in [-0.3, -0.25) is 4.79 Å². The third-order valence-electron chi connectivity index (χ3n) is 2.30. The van der Waals surface area contributed by atoms with Gasteiger partial charge in [-0.25, -0.2) is 0 Å². The predicted molar refractivity (Wildman–Crippen MR) is 70.0 cm³/mol. The molecule has 0 radical (unpaired) electrons. The fraction of sp³-hybridized carbons (Fsp3) is 0.364. The second-order valence-corrected chi connectivity index (χ2v) is 4.92. The zero-order chi connectivity index (χ0) is 12.3. The third-order valence-corrected chi connectivity index (χ3v) is 2.79. The molecule has 5 heteroatoms. The summed E-state index contributed by atoms with van der Waals surface area (Å²) in [6, 6.07) is 5.02. The summed E-state index contributed by atoms with van der Waals surface area (Å²) in [7, 11) is 0. The summed E-state index contributed by atoms with van der Waals surface area (Å²) in [4.78, 5) is 11.2. The summed E-state index contributed by atoms with van der Waals surface area (Å²) < 4.78 is 0.899. The zero-order valence-electron chi connectivity index (χ0n) is 9.33. The van der Waals surface area contributed by atoms with E-state index in [1.54, 1.807) is 6.07 Å². The Kier molecular flexibility index (Phi) is 4.18. The molecular weight excluding hydrogens is 270 g/mol. The van der Waals surface area contributed by atoms with Crippen molar-refractivity contribution in [2.45, 2.75) is 19.9 Å². The minimum atomic E-state index is -0.420. The molecule has 1 atom stereocenters. The maximum Gasteiger partial charge on any atom is 0.240 e. The highest BCUT2D eigenvalue weighted by Crippen LogP contribution is 2.24. The van der Waals surface area contributed by atoms with E-state index in [1.165, 1.54) is 0 Å². The van der Waals surface area contributed by atoms with Gasteiger partial charge in [-0.15, -0.1) is 0 Å². The molecule has 0 fully saturated rings. The summed E-state index contributed by atoms with van der Waals surface area (Å²) >= 11 is 3.35. The van der Waals surface area contributed by atoms with Crippen LogP contribution in [0.3, 0.4) is 0 Å². The first-order valence-corrected chi connectivity index (χ1v) is 5.82. The van der Waals surface area contributed by atoms with Gasteiger partial charge in [0.25, 0.3) is 0 Å². The second-order valence-electron chi connectivity index (χ2n) is 4.00. The lowest BCUT2D eigenvalue weighted by atomic mass is 10.0.